The molecule has 0 saturated carbocycles. The quantitative estimate of drug-likeness (QED) is 0.838. The molecule has 2 aliphatic rings. The minimum Gasteiger partial charge on any atom is -0.315 e. The molecule has 1 N–H and O–H groups in total. The van der Waals surface area contributed by atoms with Crippen molar-refractivity contribution < 1.29 is 4.79 Å². The molecule has 3 heteroatoms. The van der Waals surface area contributed by atoms with Crippen molar-refractivity contribution in [1.29, 1.82) is 0 Å². The molecule has 2 fully saturated rings. The first kappa shape index (κ1) is 12.7. The normalized spacial score (nSPS) is 29.4. The fraction of sp³-hybridized carbons (Fsp3) is 0.562. The second kappa shape index (κ2) is 4.34. The molecule has 2 atom stereocenters. The van der Waals surface area contributed by atoms with Crippen LogP contribution in [-0.2, 0) is 4.79 Å². The summed E-state index contributed by atoms with van der Waals surface area (Å²) in [6.07, 6.45) is 1.09. The Kier molecular flexibility index (Phi) is 2.90. The highest BCUT2D eigenvalue weighted by atomic mass is 16.2. The van der Waals surface area contributed by atoms with Crippen molar-refractivity contribution in [3.05, 3.63) is 29.8 Å². The lowest BCUT2D eigenvalue weighted by molar-refractivity contribution is -0.125. The van der Waals surface area contributed by atoms with E-state index in [0.717, 1.165) is 25.2 Å². The molecule has 2 heterocycles. The van der Waals surface area contributed by atoms with Crippen LogP contribution in [0.3, 0.4) is 0 Å². The molecular formula is C16H22N2O. The fourth-order valence-corrected chi connectivity index (χ4v) is 3.66. The van der Waals surface area contributed by atoms with E-state index in [4.69, 9.17) is 0 Å². The number of nitrogens with zero attached hydrogens (tertiary/aromatic N) is 1. The molecular weight excluding hydrogens is 236 g/mol. The lowest BCUT2D eigenvalue weighted by Crippen LogP contribution is -2.47. The molecule has 19 heavy (non-hydrogen) atoms. The maximum absolute atomic E-state index is 12.8. The van der Waals surface area contributed by atoms with Crippen molar-refractivity contribution in [2.24, 2.45) is 11.3 Å². The van der Waals surface area contributed by atoms with Crippen molar-refractivity contribution in [3.63, 3.8) is 0 Å². The number of fused-ring (bicyclic) bond motifs is 1. The minimum atomic E-state index is -0.240. The van der Waals surface area contributed by atoms with Gasteiger partial charge in [-0.2, -0.15) is 0 Å². The summed E-state index contributed by atoms with van der Waals surface area (Å²) < 4.78 is 0. The molecule has 2 aliphatic heterocycles. The van der Waals surface area contributed by atoms with Crippen molar-refractivity contribution in [3.8, 4) is 0 Å². The van der Waals surface area contributed by atoms with Crippen molar-refractivity contribution in [1.82, 2.24) is 5.32 Å². The van der Waals surface area contributed by atoms with Gasteiger partial charge in [0.05, 0.1) is 6.04 Å². The molecule has 1 amide bonds. The van der Waals surface area contributed by atoms with Crippen LogP contribution in [0, 0.1) is 18.3 Å². The molecule has 0 aliphatic carbocycles. The average molecular weight is 258 g/mol. The van der Waals surface area contributed by atoms with E-state index >= 15 is 0 Å². The minimum absolute atomic E-state index is 0.240. The van der Waals surface area contributed by atoms with Crippen molar-refractivity contribution >= 4 is 11.6 Å². The second-order valence-corrected chi connectivity index (χ2v) is 6.40. The highest BCUT2D eigenvalue weighted by molar-refractivity contribution is 6.00. The SMILES string of the molecule is Cc1cccc(N2C(=O)C(C)(C)C3CCNCC32)c1. The van der Waals surface area contributed by atoms with Crippen LogP contribution in [0.15, 0.2) is 24.3 Å². The first-order valence-electron chi connectivity index (χ1n) is 7.13. The highest BCUT2D eigenvalue weighted by Crippen LogP contribution is 2.45. The molecule has 0 radical (unpaired) electrons. The van der Waals surface area contributed by atoms with Crippen LogP contribution in [0.1, 0.15) is 25.8 Å². The summed E-state index contributed by atoms with van der Waals surface area (Å²) in [6, 6.07) is 8.58. The van der Waals surface area contributed by atoms with Gasteiger partial charge in [0.15, 0.2) is 0 Å². The van der Waals surface area contributed by atoms with Gasteiger partial charge < -0.3 is 10.2 Å². The molecule has 2 unspecified atom stereocenters. The number of nitrogens with one attached hydrogen (secondary N) is 1. The molecule has 3 nitrogen and oxygen atoms in total. The molecule has 0 aromatic heterocycles. The second-order valence-electron chi connectivity index (χ2n) is 6.40. The van der Waals surface area contributed by atoms with Gasteiger partial charge in [-0.25, -0.2) is 0 Å². The van der Waals surface area contributed by atoms with E-state index in [2.05, 4.69) is 44.3 Å². The van der Waals surface area contributed by atoms with Crippen LogP contribution in [0.5, 0.6) is 0 Å². The predicted octanol–water partition coefficient (Wildman–Crippen LogP) is 2.35. The summed E-state index contributed by atoms with van der Waals surface area (Å²) in [5.74, 6) is 0.735. The smallest absolute Gasteiger partial charge is 0.233 e. The summed E-state index contributed by atoms with van der Waals surface area (Å²) >= 11 is 0. The first-order valence-corrected chi connectivity index (χ1v) is 7.13. The number of rotatable bonds is 1. The lowest BCUT2D eigenvalue weighted by atomic mass is 9.75. The number of anilines is 1. The van der Waals surface area contributed by atoms with Gasteiger partial charge in [0, 0.05) is 17.6 Å². The third-order valence-corrected chi connectivity index (χ3v) is 4.76. The van der Waals surface area contributed by atoms with Crippen LogP contribution >= 0.6 is 0 Å². The van der Waals surface area contributed by atoms with Gasteiger partial charge in [0.2, 0.25) is 5.91 Å². The Balaban J connectivity index is 2.03. The number of carbonyl (C=O) groups excluding carboxylic acids is 1. The number of amides is 1. The fourth-order valence-electron chi connectivity index (χ4n) is 3.66. The Morgan fingerprint density at radius 1 is 1.37 bits per heavy atom. The number of benzene rings is 1. The highest BCUT2D eigenvalue weighted by Gasteiger charge is 2.54. The van der Waals surface area contributed by atoms with E-state index in [1.807, 2.05) is 11.0 Å². The summed E-state index contributed by atoms with van der Waals surface area (Å²) in [4.78, 5) is 14.8. The summed E-state index contributed by atoms with van der Waals surface area (Å²) in [5, 5.41) is 3.43. The maximum atomic E-state index is 12.8. The Morgan fingerprint density at radius 3 is 2.89 bits per heavy atom. The first-order chi connectivity index (χ1) is 9.01. The van der Waals surface area contributed by atoms with Gasteiger partial charge in [0.1, 0.15) is 0 Å². The largest absolute Gasteiger partial charge is 0.315 e. The summed E-state index contributed by atoms with van der Waals surface area (Å²) in [5.41, 5.74) is 2.01. The van der Waals surface area contributed by atoms with E-state index < -0.39 is 0 Å². The van der Waals surface area contributed by atoms with Crippen LogP contribution in [0.4, 0.5) is 5.69 Å². The van der Waals surface area contributed by atoms with Crippen LogP contribution in [-0.4, -0.2) is 25.0 Å². The zero-order valence-electron chi connectivity index (χ0n) is 11.9. The average Bonchev–Trinajstić information content (AvgIpc) is 2.58. The third-order valence-electron chi connectivity index (χ3n) is 4.76. The van der Waals surface area contributed by atoms with E-state index in [1.165, 1.54) is 5.56 Å². The Labute approximate surface area is 115 Å². The maximum Gasteiger partial charge on any atom is 0.233 e. The lowest BCUT2D eigenvalue weighted by Gasteiger charge is -2.34. The number of hydrogen-bond donors (Lipinski definition) is 1. The van der Waals surface area contributed by atoms with Crippen LogP contribution in [0.25, 0.3) is 0 Å². The molecule has 0 spiro atoms. The zero-order valence-corrected chi connectivity index (χ0v) is 11.9. The molecule has 2 saturated heterocycles. The van der Waals surface area contributed by atoms with E-state index in [1.54, 1.807) is 0 Å². The van der Waals surface area contributed by atoms with Gasteiger partial charge >= 0.3 is 0 Å². The Morgan fingerprint density at radius 2 is 2.16 bits per heavy atom. The topological polar surface area (TPSA) is 32.3 Å². The van der Waals surface area contributed by atoms with Gasteiger partial charge in [-0.3, -0.25) is 4.79 Å². The number of hydrogen-bond acceptors (Lipinski definition) is 2. The molecule has 3 rings (SSSR count). The number of carbonyl (C=O) groups is 1. The van der Waals surface area contributed by atoms with Gasteiger partial charge in [-0.1, -0.05) is 26.0 Å². The zero-order chi connectivity index (χ0) is 13.6. The van der Waals surface area contributed by atoms with E-state index in [9.17, 15) is 4.79 Å². The number of aryl methyl sites for hydroxylation is 1. The van der Waals surface area contributed by atoms with E-state index in [-0.39, 0.29) is 11.3 Å². The van der Waals surface area contributed by atoms with Crippen LogP contribution < -0.4 is 10.2 Å². The third kappa shape index (κ3) is 1.88. The predicted molar refractivity (Wildman–Crippen MR) is 77.2 cm³/mol. The Hall–Kier alpha value is -1.35. The van der Waals surface area contributed by atoms with E-state index in [0.29, 0.717) is 12.0 Å². The van der Waals surface area contributed by atoms with Crippen molar-refractivity contribution in [2.45, 2.75) is 33.2 Å². The number of piperidine rings is 1. The monoisotopic (exact) mass is 258 g/mol. The summed E-state index contributed by atoms with van der Waals surface area (Å²) in [6.45, 7) is 8.22. The van der Waals surface area contributed by atoms with Gasteiger partial charge in [-0.05, 0) is 43.5 Å². The van der Waals surface area contributed by atoms with Gasteiger partial charge in [0.25, 0.3) is 0 Å². The summed E-state index contributed by atoms with van der Waals surface area (Å²) in [7, 11) is 0. The molecule has 102 valence electrons. The molecule has 0 bridgehead atoms. The Bertz CT molecular complexity index is 509. The molecule has 1 aromatic rings. The van der Waals surface area contributed by atoms with Crippen molar-refractivity contribution in [2.75, 3.05) is 18.0 Å². The molecule has 1 aromatic carbocycles. The van der Waals surface area contributed by atoms with Crippen LogP contribution in [0.2, 0.25) is 0 Å². The standard InChI is InChI=1S/C16H22N2O/c1-11-5-4-6-12(9-11)18-14-10-17-8-7-13(14)16(2,3)15(18)19/h4-6,9,13-14,17H,7-8,10H2,1-3H3. The van der Waals surface area contributed by atoms with Gasteiger partial charge in [-0.15, -0.1) is 0 Å².